The average Bonchev–Trinajstić information content (AvgIpc) is 2.36. The second kappa shape index (κ2) is 7.22. The maximum atomic E-state index is 11.9. The van der Waals surface area contributed by atoms with E-state index in [1.165, 1.54) is 7.11 Å². The number of methoxy groups -OCH3 is 1. The van der Waals surface area contributed by atoms with Crippen LogP contribution in [0.1, 0.15) is 5.56 Å². The number of nitrogens with one attached hydrogen (secondary N) is 2. The zero-order valence-corrected chi connectivity index (χ0v) is 11.8. The third-order valence-electron chi connectivity index (χ3n) is 2.35. The highest BCUT2D eigenvalue weighted by molar-refractivity contribution is 7.89. The Morgan fingerprint density at radius 3 is 2.42 bits per heavy atom. The summed E-state index contributed by atoms with van der Waals surface area (Å²) in [4.78, 5) is 11.3. The first-order valence-corrected chi connectivity index (χ1v) is 7.26. The van der Waals surface area contributed by atoms with Gasteiger partial charge in [-0.1, -0.05) is 17.7 Å². The van der Waals surface area contributed by atoms with Gasteiger partial charge < -0.3 is 10.1 Å². The molecule has 1 aromatic rings. The number of rotatable bonds is 7. The molecule has 0 bridgehead atoms. The molecular weight excluding hydrogens is 268 g/mol. The third kappa shape index (κ3) is 5.37. The molecule has 19 heavy (non-hydrogen) atoms. The Kier molecular flexibility index (Phi) is 5.94. The van der Waals surface area contributed by atoms with E-state index in [0.29, 0.717) is 0 Å². The van der Waals surface area contributed by atoms with Gasteiger partial charge >= 0.3 is 0 Å². The van der Waals surface area contributed by atoms with Crippen LogP contribution < -0.4 is 10.0 Å². The van der Waals surface area contributed by atoms with Gasteiger partial charge in [0.15, 0.2) is 0 Å². The van der Waals surface area contributed by atoms with Crippen molar-refractivity contribution < 1.29 is 17.9 Å². The van der Waals surface area contributed by atoms with E-state index in [2.05, 4.69) is 14.8 Å². The standard InChI is InChI=1S/C12H18N2O4S/c1-10-3-5-11(6-4-10)19(16,17)14-8-7-13-12(15)9-18-2/h3-6,14H,7-9H2,1-2H3,(H,13,15). The van der Waals surface area contributed by atoms with Gasteiger partial charge in [-0.05, 0) is 19.1 Å². The number of carbonyl (C=O) groups excluding carboxylic acids is 1. The van der Waals surface area contributed by atoms with Crippen LogP contribution in [0.5, 0.6) is 0 Å². The molecule has 0 radical (unpaired) electrons. The number of carbonyl (C=O) groups is 1. The van der Waals surface area contributed by atoms with Crippen LogP contribution >= 0.6 is 0 Å². The van der Waals surface area contributed by atoms with Gasteiger partial charge in [-0.3, -0.25) is 4.79 Å². The molecule has 0 aliphatic rings. The van der Waals surface area contributed by atoms with Crippen molar-refractivity contribution >= 4 is 15.9 Å². The van der Waals surface area contributed by atoms with Crippen LogP contribution in [0.4, 0.5) is 0 Å². The maximum Gasteiger partial charge on any atom is 0.246 e. The highest BCUT2D eigenvalue weighted by atomic mass is 32.2. The van der Waals surface area contributed by atoms with Crippen LogP contribution in [0.15, 0.2) is 29.2 Å². The van der Waals surface area contributed by atoms with Crippen LogP contribution in [0.25, 0.3) is 0 Å². The Morgan fingerprint density at radius 1 is 1.21 bits per heavy atom. The summed E-state index contributed by atoms with van der Waals surface area (Å²) in [5, 5.41) is 2.53. The molecule has 6 nitrogen and oxygen atoms in total. The first-order chi connectivity index (χ1) is 8.95. The molecule has 0 heterocycles. The van der Waals surface area contributed by atoms with Crippen LogP contribution in [0.2, 0.25) is 0 Å². The number of hydrogen-bond acceptors (Lipinski definition) is 4. The van der Waals surface area contributed by atoms with Crippen LogP contribution in [-0.2, 0) is 19.6 Å². The number of amides is 1. The van der Waals surface area contributed by atoms with Gasteiger partial charge in [0, 0.05) is 20.2 Å². The highest BCUT2D eigenvalue weighted by Crippen LogP contribution is 2.09. The van der Waals surface area contributed by atoms with E-state index in [9.17, 15) is 13.2 Å². The summed E-state index contributed by atoms with van der Waals surface area (Å²) < 4.78 is 30.8. The van der Waals surface area contributed by atoms with Crippen LogP contribution in [0.3, 0.4) is 0 Å². The largest absolute Gasteiger partial charge is 0.375 e. The van der Waals surface area contributed by atoms with E-state index < -0.39 is 10.0 Å². The predicted molar refractivity (Wildman–Crippen MR) is 71.3 cm³/mol. The zero-order valence-electron chi connectivity index (χ0n) is 11.0. The molecule has 106 valence electrons. The lowest BCUT2D eigenvalue weighted by Gasteiger charge is -2.08. The summed E-state index contributed by atoms with van der Waals surface area (Å²) in [6.45, 7) is 2.19. The highest BCUT2D eigenvalue weighted by Gasteiger charge is 2.12. The number of hydrogen-bond donors (Lipinski definition) is 2. The van der Waals surface area contributed by atoms with E-state index >= 15 is 0 Å². The van der Waals surface area contributed by atoms with Crippen LogP contribution in [-0.4, -0.2) is 41.1 Å². The first kappa shape index (κ1) is 15.6. The lowest BCUT2D eigenvalue weighted by atomic mass is 10.2. The van der Waals surface area contributed by atoms with Gasteiger partial charge in [0.1, 0.15) is 6.61 Å². The molecule has 2 N–H and O–H groups in total. The van der Waals surface area contributed by atoms with Crippen molar-refractivity contribution in [1.29, 1.82) is 0 Å². The topological polar surface area (TPSA) is 84.5 Å². The van der Waals surface area contributed by atoms with Crippen LogP contribution in [0, 0.1) is 6.92 Å². The minimum Gasteiger partial charge on any atom is -0.375 e. The molecule has 0 fully saturated rings. The van der Waals surface area contributed by atoms with Crippen molar-refractivity contribution in [2.24, 2.45) is 0 Å². The monoisotopic (exact) mass is 286 g/mol. The predicted octanol–water partition coefficient (Wildman–Crippen LogP) is 0.0359. The Morgan fingerprint density at radius 2 is 1.84 bits per heavy atom. The quantitative estimate of drug-likeness (QED) is 0.693. The SMILES string of the molecule is COCC(=O)NCCNS(=O)(=O)c1ccc(C)cc1. The second-order valence-corrected chi connectivity index (χ2v) is 5.76. The van der Waals surface area contributed by atoms with Crippen molar-refractivity contribution in [2.75, 3.05) is 26.8 Å². The fourth-order valence-corrected chi connectivity index (χ4v) is 2.40. The van der Waals surface area contributed by atoms with Crippen molar-refractivity contribution in [3.63, 3.8) is 0 Å². The summed E-state index contributed by atoms with van der Waals surface area (Å²) in [7, 11) is -2.10. The molecule has 1 rings (SSSR count). The lowest BCUT2D eigenvalue weighted by Crippen LogP contribution is -2.36. The summed E-state index contributed by atoms with van der Waals surface area (Å²) in [6.07, 6.45) is 0. The number of aryl methyl sites for hydroxylation is 1. The Bertz CT molecular complexity index is 511. The third-order valence-corrected chi connectivity index (χ3v) is 3.82. The van der Waals surface area contributed by atoms with E-state index in [0.717, 1.165) is 5.56 Å². The minimum absolute atomic E-state index is 0.0370. The van der Waals surface area contributed by atoms with E-state index in [-0.39, 0.29) is 30.5 Å². The molecule has 0 unspecified atom stereocenters. The normalized spacial score (nSPS) is 11.3. The van der Waals surface area contributed by atoms with Gasteiger partial charge in [-0.15, -0.1) is 0 Å². The molecule has 0 aliphatic heterocycles. The summed E-state index contributed by atoms with van der Waals surface area (Å²) in [5.41, 5.74) is 0.991. The van der Waals surface area contributed by atoms with Gasteiger partial charge in [0.05, 0.1) is 4.90 Å². The number of ether oxygens (including phenoxy) is 1. The maximum absolute atomic E-state index is 11.9. The van der Waals surface area contributed by atoms with Gasteiger partial charge in [0.2, 0.25) is 15.9 Å². The Hall–Kier alpha value is -1.44. The molecule has 0 atom stereocenters. The average molecular weight is 286 g/mol. The molecular formula is C12H18N2O4S. The second-order valence-electron chi connectivity index (χ2n) is 3.99. The number of sulfonamides is 1. The lowest BCUT2D eigenvalue weighted by molar-refractivity contribution is -0.124. The molecule has 0 aliphatic carbocycles. The Balaban J connectivity index is 2.43. The molecule has 0 saturated carbocycles. The fourth-order valence-electron chi connectivity index (χ4n) is 1.37. The molecule has 0 spiro atoms. The van der Waals surface area contributed by atoms with Gasteiger partial charge in [-0.25, -0.2) is 13.1 Å². The Labute approximate surface area is 113 Å². The van der Waals surface area contributed by atoms with Crippen molar-refractivity contribution in [3.05, 3.63) is 29.8 Å². The van der Waals surface area contributed by atoms with E-state index in [1.54, 1.807) is 24.3 Å². The molecule has 0 aromatic heterocycles. The molecule has 1 amide bonds. The van der Waals surface area contributed by atoms with E-state index in [1.807, 2.05) is 6.92 Å². The minimum atomic E-state index is -3.52. The van der Waals surface area contributed by atoms with Crippen molar-refractivity contribution in [2.45, 2.75) is 11.8 Å². The molecule has 1 aromatic carbocycles. The van der Waals surface area contributed by atoms with Gasteiger partial charge in [0.25, 0.3) is 0 Å². The summed E-state index contributed by atoms with van der Waals surface area (Å²) >= 11 is 0. The first-order valence-electron chi connectivity index (χ1n) is 5.77. The fraction of sp³-hybridized carbons (Fsp3) is 0.417. The van der Waals surface area contributed by atoms with Crippen molar-refractivity contribution in [1.82, 2.24) is 10.0 Å². The van der Waals surface area contributed by atoms with E-state index in [4.69, 9.17) is 0 Å². The number of benzene rings is 1. The summed E-state index contributed by atoms with van der Waals surface area (Å²) in [5.74, 6) is -0.281. The molecule has 0 saturated heterocycles. The van der Waals surface area contributed by atoms with Gasteiger partial charge in [-0.2, -0.15) is 0 Å². The van der Waals surface area contributed by atoms with Crippen molar-refractivity contribution in [3.8, 4) is 0 Å². The summed E-state index contributed by atoms with van der Waals surface area (Å²) in [6, 6.07) is 6.55. The zero-order chi connectivity index (χ0) is 14.3. The smallest absolute Gasteiger partial charge is 0.246 e. The molecule has 7 heteroatoms.